The van der Waals surface area contributed by atoms with Crippen molar-refractivity contribution in [2.75, 3.05) is 6.61 Å². The first kappa shape index (κ1) is 23.0. The lowest BCUT2D eigenvalue weighted by Crippen LogP contribution is -2.14. The predicted molar refractivity (Wildman–Crippen MR) is 112 cm³/mol. The van der Waals surface area contributed by atoms with Crippen LogP contribution in [-0.4, -0.2) is 12.7 Å². The van der Waals surface area contributed by atoms with Crippen molar-refractivity contribution >= 4 is 0 Å². The van der Waals surface area contributed by atoms with E-state index in [-0.39, 0.29) is 0 Å². The van der Waals surface area contributed by atoms with Crippen molar-refractivity contribution in [2.24, 2.45) is 0 Å². The van der Waals surface area contributed by atoms with E-state index in [0.717, 1.165) is 6.61 Å². The number of hydrogen-bond donors (Lipinski definition) is 0. The van der Waals surface area contributed by atoms with Crippen molar-refractivity contribution in [3.63, 3.8) is 0 Å². The van der Waals surface area contributed by atoms with Crippen LogP contribution in [0, 0.1) is 0 Å². The molecule has 0 aromatic heterocycles. The summed E-state index contributed by atoms with van der Waals surface area (Å²) < 4.78 is 6.27. The van der Waals surface area contributed by atoms with Gasteiger partial charge in [0, 0.05) is 6.61 Å². The van der Waals surface area contributed by atoms with Gasteiger partial charge in [-0.05, 0) is 19.3 Å². The molecule has 1 fully saturated rings. The minimum absolute atomic E-state index is 0.556. The first-order chi connectivity index (χ1) is 12.4. The normalized spacial score (nSPS) is 21.5. The fourth-order valence-electron chi connectivity index (χ4n) is 4.13. The molecule has 0 unspecified atom stereocenters. The van der Waals surface area contributed by atoms with E-state index in [1.807, 2.05) is 0 Å². The summed E-state index contributed by atoms with van der Waals surface area (Å²) in [6.07, 6.45) is 30.3. The molecule has 1 aliphatic carbocycles. The Morgan fingerprint density at radius 2 is 0.920 bits per heavy atom. The van der Waals surface area contributed by atoms with Crippen molar-refractivity contribution < 1.29 is 4.74 Å². The molecule has 0 radical (unpaired) electrons. The summed E-state index contributed by atoms with van der Waals surface area (Å²) in [5, 5.41) is 0. The molecule has 150 valence electrons. The monoisotopic (exact) mass is 352 g/mol. The predicted octanol–water partition coefficient (Wildman–Crippen LogP) is 8.60. The van der Waals surface area contributed by atoms with Crippen LogP contribution in [0.5, 0.6) is 0 Å². The molecular weight excluding hydrogens is 304 g/mol. The maximum atomic E-state index is 6.27. The molecule has 0 saturated heterocycles. The molecule has 0 aromatic rings. The molecular formula is C24H48O. The van der Waals surface area contributed by atoms with Crippen LogP contribution in [0.3, 0.4) is 0 Å². The molecule has 0 atom stereocenters. The van der Waals surface area contributed by atoms with Gasteiger partial charge in [0.2, 0.25) is 0 Å². The van der Waals surface area contributed by atoms with Gasteiger partial charge in [0.15, 0.2) is 0 Å². The topological polar surface area (TPSA) is 9.23 Å². The highest BCUT2D eigenvalue weighted by atomic mass is 16.5. The van der Waals surface area contributed by atoms with Crippen molar-refractivity contribution in [1.29, 1.82) is 0 Å². The maximum Gasteiger partial charge on any atom is 0.0575 e. The van der Waals surface area contributed by atoms with E-state index in [1.54, 1.807) is 0 Å². The van der Waals surface area contributed by atoms with Crippen LogP contribution in [0.1, 0.15) is 142 Å². The third-order valence-electron chi connectivity index (χ3n) is 5.90. The van der Waals surface area contributed by atoms with Gasteiger partial charge in [0.25, 0.3) is 0 Å². The van der Waals surface area contributed by atoms with E-state index in [0.29, 0.717) is 6.10 Å². The summed E-state index contributed by atoms with van der Waals surface area (Å²) in [6, 6.07) is 0. The number of rotatable bonds is 6. The van der Waals surface area contributed by atoms with Gasteiger partial charge >= 0.3 is 0 Å². The maximum absolute atomic E-state index is 6.27. The van der Waals surface area contributed by atoms with Gasteiger partial charge in [-0.2, -0.15) is 0 Å². The van der Waals surface area contributed by atoms with Gasteiger partial charge < -0.3 is 4.74 Å². The average molecular weight is 353 g/mol. The number of unbranched alkanes of at least 4 members (excludes halogenated alkanes) is 3. The Kier molecular flexibility index (Phi) is 17.2. The molecule has 0 N–H and O–H groups in total. The minimum atomic E-state index is 0.556. The lowest BCUT2D eigenvalue weighted by atomic mass is 10.00. The van der Waals surface area contributed by atoms with Crippen LogP contribution in [0.25, 0.3) is 0 Å². The van der Waals surface area contributed by atoms with Crippen LogP contribution < -0.4 is 0 Å². The molecule has 1 saturated carbocycles. The Labute approximate surface area is 159 Å². The van der Waals surface area contributed by atoms with Crippen LogP contribution in [0.15, 0.2) is 0 Å². The Hall–Kier alpha value is -0.0400. The summed E-state index contributed by atoms with van der Waals surface area (Å²) in [5.41, 5.74) is 0. The highest BCUT2D eigenvalue weighted by Crippen LogP contribution is 2.19. The molecule has 1 aliphatic rings. The van der Waals surface area contributed by atoms with E-state index in [4.69, 9.17) is 4.74 Å². The Morgan fingerprint density at radius 1 is 0.520 bits per heavy atom. The molecule has 25 heavy (non-hydrogen) atoms. The van der Waals surface area contributed by atoms with E-state index in [1.165, 1.54) is 135 Å². The standard InChI is InChI=1S/C24H48O/c1-2-3-4-20-23-25-24-21-18-16-14-12-10-8-6-5-7-9-11-13-15-17-19-22-24/h24H,2-23H2,1H3. The van der Waals surface area contributed by atoms with E-state index >= 15 is 0 Å². The zero-order valence-corrected chi connectivity index (χ0v) is 17.5. The van der Waals surface area contributed by atoms with Crippen molar-refractivity contribution in [3.8, 4) is 0 Å². The van der Waals surface area contributed by atoms with Crippen molar-refractivity contribution in [1.82, 2.24) is 0 Å². The van der Waals surface area contributed by atoms with Crippen molar-refractivity contribution in [2.45, 2.75) is 148 Å². The van der Waals surface area contributed by atoms with Gasteiger partial charge in [-0.15, -0.1) is 0 Å². The summed E-state index contributed by atoms with van der Waals surface area (Å²) in [5.74, 6) is 0. The largest absolute Gasteiger partial charge is 0.378 e. The van der Waals surface area contributed by atoms with Gasteiger partial charge in [-0.25, -0.2) is 0 Å². The SMILES string of the molecule is CCCCCCOC1CCCCCCCCCCCCCCCCC1. The average Bonchev–Trinajstić information content (AvgIpc) is 2.62. The highest BCUT2D eigenvalue weighted by Gasteiger charge is 2.09. The second-order valence-electron chi connectivity index (χ2n) is 8.43. The fraction of sp³-hybridized carbons (Fsp3) is 1.00. The van der Waals surface area contributed by atoms with Gasteiger partial charge in [0.1, 0.15) is 0 Å². The second-order valence-corrected chi connectivity index (χ2v) is 8.43. The molecule has 0 spiro atoms. The Balaban J connectivity index is 2.20. The first-order valence-electron chi connectivity index (χ1n) is 12.0. The molecule has 0 bridgehead atoms. The summed E-state index contributed by atoms with van der Waals surface area (Å²) in [6.45, 7) is 3.29. The highest BCUT2D eigenvalue weighted by molar-refractivity contribution is 4.61. The van der Waals surface area contributed by atoms with Gasteiger partial charge in [0.05, 0.1) is 6.10 Å². The molecule has 0 heterocycles. The van der Waals surface area contributed by atoms with Crippen LogP contribution in [0.4, 0.5) is 0 Å². The smallest absolute Gasteiger partial charge is 0.0575 e. The Morgan fingerprint density at radius 3 is 1.32 bits per heavy atom. The van der Waals surface area contributed by atoms with Crippen LogP contribution >= 0.6 is 0 Å². The molecule has 1 rings (SSSR count). The minimum Gasteiger partial charge on any atom is -0.378 e. The quantitative estimate of drug-likeness (QED) is 0.435. The zero-order chi connectivity index (χ0) is 17.8. The number of hydrogen-bond acceptors (Lipinski definition) is 1. The summed E-state index contributed by atoms with van der Waals surface area (Å²) in [4.78, 5) is 0. The number of ether oxygens (including phenoxy) is 1. The van der Waals surface area contributed by atoms with Gasteiger partial charge in [-0.1, -0.05) is 122 Å². The molecule has 1 nitrogen and oxygen atoms in total. The van der Waals surface area contributed by atoms with Crippen LogP contribution in [0.2, 0.25) is 0 Å². The lowest BCUT2D eigenvalue weighted by molar-refractivity contribution is 0.0357. The fourth-order valence-corrected chi connectivity index (χ4v) is 4.13. The van der Waals surface area contributed by atoms with E-state index < -0.39 is 0 Å². The first-order valence-corrected chi connectivity index (χ1v) is 12.0. The van der Waals surface area contributed by atoms with Crippen molar-refractivity contribution in [3.05, 3.63) is 0 Å². The summed E-state index contributed by atoms with van der Waals surface area (Å²) >= 11 is 0. The van der Waals surface area contributed by atoms with Crippen LogP contribution in [-0.2, 0) is 4.74 Å². The van der Waals surface area contributed by atoms with E-state index in [2.05, 4.69) is 6.92 Å². The van der Waals surface area contributed by atoms with E-state index in [9.17, 15) is 0 Å². The summed E-state index contributed by atoms with van der Waals surface area (Å²) in [7, 11) is 0. The zero-order valence-electron chi connectivity index (χ0n) is 17.5. The Bertz CT molecular complexity index is 232. The third-order valence-corrected chi connectivity index (χ3v) is 5.90. The molecule has 0 amide bonds. The van der Waals surface area contributed by atoms with Gasteiger partial charge in [-0.3, -0.25) is 0 Å². The lowest BCUT2D eigenvalue weighted by Gasteiger charge is -2.18. The third kappa shape index (κ3) is 15.9. The molecule has 0 aliphatic heterocycles. The molecule has 0 aromatic carbocycles. The second kappa shape index (κ2) is 18.7. The molecule has 1 heteroatoms.